The van der Waals surface area contributed by atoms with Crippen LogP contribution in [0.25, 0.3) is 0 Å². The molecule has 1 aromatic rings. The van der Waals surface area contributed by atoms with Gasteiger partial charge in [-0.2, -0.15) is 0 Å². The molecule has 2 rings (SSSR count). The van der Waals surface area contributed by atoms with Crippen molar-refractivity contribution >= 4 is 11.9 Å². The van der Waals surface area contributed by atoms with Gasteiger partial charge in [0.25, 0.3) is 0 Å². The molecule has 0 aromatic heterocycles. The van der Waals surface area contributed by atoms with Gasteiger partial charge in [-0.25, -0.2) is 0 Å². The number of guanidine groups is 1. The number of rotatable bonds is 3. The van der Waals surface area contributed by atoms with E-state index in [9.17, 15) is 4.79 Å². The zero-order chi connectivity index (χ0) is 13.7. The molecule has 0 amide bonds. The van der Waals surface area contributed by atoms with E-state index in [0.717, 1.165) is 25.9 Å². The predicted molar refractivity (Wildman–Crippen MR) is 72.9 cm³/mol. The van der Waals surface area contributed by atoms with Crippen molar-refractivity contribution in [2.45, 2.75) is 19.3 Å². The Kier molecular flexibility index (Phi) is 4.39. The fourth-order valence-electron chi connectivity index (χ4n) is 2.28. The number of carbonyl (C=O) groups excluding carboxylic acids is 1. The minimum Gasteiger partial charge on any atom is -0.427 e. The van der Waals surface area contributed by atoms with Crippen LogP contribution in [-0.2, 0) is 4.79 Å². The summed E-state index contributed by atoms with van der Waals surface area (Å²) in [6.07, 6.45) is 2.19. The van der Waals surface area contributed by atoms with Gasteiger partial charge in [-0.05, 0) is 30.9 Å². The van der Waals surface area contributed by atoms with Gasteiger partial charge < -0.3 is 15.4 Å². The highest BCUT2D eigenvalue weighted by Crippen LogP contribution is 2.21. The second-order valence-electron chi connectivity index (χ2n) is 4.81. The van der Waals surface area contributed by atoms with Crippen LogP contribution in [0.4, 0.5) is 0 Å². The van der Waals surface area contributed by atoms with E-state index in [1.165, 1.54) is 0 Å². The Morgan fingerprint density at radius 1 is 1.32 bits per heavy atom. The van der Waals surface area contributed by atoms with Crippen molar-refractivity contribution in [2.24, 2.45) is 11.7 Å². The van der Waals surface area contributed by atoms with E-state index in [4.69, 9.17) is 15.9 Å². The highest BCUT2D eigenvalue weighted by Gasteiger charge is 2.22. The molecule has 1 fully saturated rings. The van der Waals surface area contributed by atoms with Crippen LogP contribution in [0.1, 0.15) is 19.3 Å². The average Bonchev–Trinajstić information content (AvgIpc) is 2.40. The topological polar surface area (TPSA) is 79.4 Å². The number of benzene rings is 1. The van der Waals surface area contributed by atoms with Crippen molar-refractivity contribution in [3.8, 4) is 5.75 Å². The van der Waals surface area contributed by atoms with E-state index in [1.54, 1.807) is 12.1 Å². The number of carbonyl (C=O) groups is 1. The molecule has 0 aliphatic carbocycles. The first-order valence-electron chi connectivity index (χ1n) is 6.50. The lowest BCUT2D eigenvalue weighted by Gasteiger charge is -2.31. The molecule has 0 bridgehead atoms. The zero-order valence-electron chi connectivity index (χ0n) is 10.8. The van der Waals surface area contributed by atoms with Crippen LogP contribution in [0, 0.1) is 11.3 Å². The third kappa shape index (κ3) is 3.98. The van der Waals surface area contributed by atoms with Gasteiger partial charge in [0.15, 0.2) is 5.96 Å². The molecule has 3 N–H and O–H groups in total. The quantitative estimate of drug-likeness (QED) is 0.375. The largest absolute Gasteiger partial charge is 0.427 e. The third-order valence-corrected chi connectivity index (χ3v) is 3.39. The fourth-order valence-corrected chi connectivity index (χ4v) is 2.28. The molecule has 5 heteroatoms. The Morgan fingerprint density at radius 3 is 2.53 bits per heavy atom. The van der Waals surface area contributed by atoms with Crippen molar-refractivity contribution in [2.75, 3.05) is 13.1 Å². The number of ether oxygens (including phenoxy) is 1. The first-order chi connectivity index (χ1) is 9.15. The lowest BCUT2D eigenvalue weighted by atomic mass is 9.94. The van der Waals surface area contributed by atoms with Crippen molar-refractivity contribution < 1.29 is 9.53 Å². The lowest BCUT2D eigenvalue weighted by Crippen LogP contribution is -2.42. The minimum absolute atomic E-state index is 0.116. The number of nitrogens with one attached hydrogen (secondary N) is 1. The van der Waals surface area contributed by atoms with Gasteiger partial charge in [0.05, 0.1) is 0 Å². The smallest absolute Gasteiger partial charge is 0.311 e. The van der Waals surface area contributed by atoms with E-state index in [-0.39, 0.29) is 11.9 Å². The fraction of sp³-hybridized carbons (Fsp3) is 0.429. The van der Waals surface area contributed by atoms with E-state index in [2.05, 4.69) is 0 Å². The Hall–Kier alpha value is -2.04. The lowest BCUT2D eigenvalue weighted by molar-refractivity contribution is -0.135. The Labute approximate surface area is 112 Å². The number of likely N-dealkylation sites (tertiary alicyclic amines) is 1. The molecule has 1 aromatic carbocycles. The molecule has 1 aliphatic rings. The normalized spacial score (nSPS) is 16.1. The molecule has 0 atom stereocenters. The second-order valence-corrected chi connectivity index (χ2v) is 4.81. The molecule has 5 nitrogen and oxygen atoms in total. The van der Waals surface area contributed by atoms with Crippen molar-refractivity contribution in [3.05, 3.63) is 30.3 Å². The summed E-state index contributed by atoms with van der Waals surface area (Å²) in [5, 5.41) is 7.36. The zero-order valence-corrected chi connectivity index (χ0v) is 10.8. The molecular weight excluding hydrogens is 242 g/mol. The van der Waals surface area contributed by atoms with Crippen LogP contribution in [0.5, 0.6) is 5.75 Å². The highest BCUT2D eigenvalue weighted by molar-refractivity contribution is 5.75. The van der Waals surface area contributed by atoms with Gasteiger partial charge in [-0.15, -0.1) is 0 Å². The highest BCUT2D eigenvalue weighted by atomic mass is 16.5. The summed E-state index contributed by atoms with van der Waals surface area (Å²) < 4.78 is 5.27. The minimum atomic E-state index is -0.188. The molecule has 1 heterocycles. The van der Waals surface area contributed by atoms with Crippen molar-refractivity contribution in [1.29, 1.82) is 5.41 Å². The molecular formula is C14H19N3O2. The number of para-hydroxylation sites is 1. The summed E-state index contributed by atoms with van der Waals surface area (Å²) in [7, 11) is 0. The number of esters is 1. The maximum atomic E-state index is 11.8. The molecule has 0 spiro atoms. The number of nitrogens with two attached hydrogens (primary N) is 1. The van der Waals surface area contributed by atoms with Gasteiger partial charge in [0, 0.05) is 19.5 Å². The molecule has 0 saturated carbocycles. The molecule has 0 unspecified atom stereocenters. The Bertz CT molecular complexity index is 439. The predicted octanol–water partition coefficient (Wildman–Crippen LogP) is 1.59. The molecule has 19 heavy (non-hydrogen) atoms. The molecule has 1 saturated heterocycles. The van der Waals surface area contributed by atoms with Crippen LogP contribution in [0.2, 0.25) is 0 Å². The Balaban J connectivity index is 1.76. The molecule has 1 aliphatic heterocycles. The van der Waals surface area contributed by atoms with Gasteiger partial charge in [-0.3, -0.25) is 10.2 Å². The number of hydrogen-bond donors (Lipinski definition) is 2. The first kappa shape index (κ1) is 13.4. The van der Waals surface area contributed by atoms with Gasteiger partial charge in [0.1, 0.15) is 5.75 Å². The van der Waals surface area contributed by atoms with Crippen molar-refractivity contribution in [3.63, 3.8) is 0 Å². The van der Waals surface area contributed by atoms with Crippen LogP contribution < -0.4 is 10.5 Å². The first-order valence-corrected chi connectivity index (χ1v) is 6.50. The van der Waals surface area contributed by atoms with Crippen molar-refractivity contribution in [1.82, 2.24) is 4.90 Å². The number of hydrogen-bond acceptors (Lipinski definition) is 3. The average molecular weight is 261 g/mol. The maximum absolute atomic E-state index is 11.8. The van der Waals surface area contributed by atoms with Crippen LogP contribution in [0.3, 0.4) is 0 Å². The Morgan fingerprint density at radius 2 is 1.95 bits per heavy atom. The van der Waals surface area contributed by atoms with Crippen LogP contribution in [0.15, 0.2) is 30.3 Å². The summed E-state index contributed by atoms with van der Waals surface area (Å²) in [5.41, 5.74) is 5.43. The van der Waals surface area contributed by atoms with Gasteiger partial charge >= 0.3 is 5.97 Å². The standard InChI is InChI=1S/C14H19N3O2/c15-14(16)17-8-6-11(7-9-17)10-13(18)19-12-4-2-1-3-5-12/h1-5,11H,6-10H2,(H3,15,16). The maximum Gasteiger partial charge on any atom is 0.311 e. The number of nitrogens with zero attached hydrogens (tertiary/aromatic N) is 1. The monoisotopic (exact) mass is 261 g/mol. The van der Waals surface area contributed by atoms with Gasteiger partial charge in [-0.1, -0.05) is 18.2 Å². The molecule has 102 valence electrons. The summed E-state index contributed by atoms with van der Waals surface area (Å²) in [5.74, 6) is 0.846. The second kappa shape index (κ2) is 6.22. The third-order valence-electron chi connectivity index (χ3n) is 3.39. The van der Waals surface area contributed by atoms with E-state index in [0.29, 0.717) is 18.1 Å². The molecule has 0 radical (unpaired) electrons. The van der Waals surface area contributed by atoms with E-state index >= 15 is 0 Å². The SMILES string of the molecule is N=C(N)N1CCC(CC(=O)Oc2ccccc2)CC1. The van der Waals surface area contributed by atoms with Crippen LogP contribution in [-0.4, -0.2) is 29.9 Å². The van der Waals surface area contributed by atoms with Gasteiger partial charge in [0.2, 0.25) is 0 Å². The van der Waals surface area contributed by atoms with Crippen LogP contribution >= 0.6 is 0 Å². The van der Waals surface area contributed by atoms with E-state index < -0.39 is 0 Å². The summed E-state index contributed by atoms with van der Waals surface area (Å²) in [6, 6.07) is 9.11. The summed E-state index contributed by atoms with van der Waals surface area (Å²) >= 11 is 0. The number of piperidine rings is 1. The summed E-state index contributed by atoms with van der Waals surface area (Å²) in [6.45, 7) is 1.50. The van der Waals surface area contributed by atoms with E-state index in [1.807, 2.05) is 23.1 Å². The summed E-state index contributed by atoms with van der Waals surface area (Å²) in [4.78, 5) is 13.6.